The van der Waals surface area contributed by atoms with Crippen molar-refractivity contribution in [1.82, 2.24) is 10.3 Å². The molecule has 5 heteroatoms. The number of methoxy groups -OCH3 is 1. The summed E-state index contributed by atoms with van der Waals surface area (Å²) in [4.78, 5) is 4.11. The topological polar surface area (TPSA) is 47.3 Å². The van der Waals surface area contributed by atoms with Gasteiger partial charge in [-0.1, -0.05) is 0 Å². The number of nitrogens with one attached hydrogen (secondary N) is 1. The molecule has 96 valence electrons. The summed E-state index contributed by atoms with van der Waals surface area (Å²) in [7, 11) is 3.35. The number of halogens is 1. The molecule has 1 aromatic carbocycles. The van der Waals surface area contributed by atoms with Crippen LogP contribution in [0.25, 0.3) is 11.3 Å². The van der Waals surface area contributed by atoms with E-state index in [9.17, 15) is 4.39 Å². The summed E-state index contributed by atoms with van der Waals surface area (Å²) < 4.78 is 24.2. The third-order valence-corrected chi connectivity index (χ3v) is 2.58. The monoisotopic (exact) mass is 250 g/mol. The maximum absolute atomic E-state index is 13.8. The van der Waals surface area contributed by atoms with Gasteiger partial charge in [-0.3, -0.25) is 0 Å². The zero-order valence-corrected chi connectivity index (χ0v) is 10.4. The van der Waals surface area contributed by atoms with Crippen molar-refractivity contribution in [1.29, 1.82) is 0 Å². The molecule has 0 atom stereocenters. The van der Waals surface area contributed by atoms with Crippen LogP contribution in [0.1, 0.15) is 5.89 Å². The van der Waals surface area contributed by atoms with Gasteiger partial charge in [-0.15, -0.1) is 0 Å². The van der Waals surface area contributed by atoms with Crippen LogP contribution >= 0.6 is 0 Å². The Kier molecular flexibility index (Phi) is 3.94. The predicted octanol–water partition coefficient (Wildman–Crippen LogP) is 2.25. The number of aromatic nitrogens is 1. The van der Waals surface area contributed by atoms with Gasteiger partial charge >= 0.3 is 0 Å². The van der Waals surface area contributed by atoms with E-state index in [0.717, 1.165) is 6.54 Å². The zero-order chi connectivity index (χ0) is 13.0. The lowest BCUT2D eigenvalue weighted by Crippen LogP contribution is -2.10. The number of hydrogen-bond donors (Lipinski definition) is 1. The Labute approximate surface area is 105 Å². The number of benzene rings is 1. The summed E-state index contributed by atoms with van der Waals surface area (Å²) in [6, 6.07) is 4.63. The number of hydrogen-bond acceptors (Lipinski definition) is 4. The summed E-state index contributed by atoms with van der Waals surface area (Å²) in [5.74, 6) is 1.12. The quantitative estimate of drug-likeness (QED) is 0.884. The van der Waals surface area contributed by atoms with Crippen molar-refractivity contribution in [3.8, 4) is 17.1 Å². The second-order valence-corrected chi connectivity index (χ2v) is 3.82. The first kappa shape index (κ1) is 12.6. The predicted molar refractivity (Wildman–Crippen MR) is 66.1 cm³/mol. The molecular formula is C13H15FN2O2. The second kappa shape index (κ2) is 5.64. The first-order valence-electron chi connectivity index (χ1n) is 5.68. The van der Waals surface area contributed by atoms with Crippen LogP contribution < -0.4 is 10.1 Å². The van der Waals surface area contributed by atoms with Crippen molar-refractivity contribution >= 4 is 0 Å². The van der Waals surface area contributed by atoms with Gasteiger partial charge in [0, 0.05) is 19.0 Å². The lowest BCUT2D eigenvalue weighted by atomic mass is 10.1. The average molecular weight is 250 g/mol. The molecule has 1 heterocycles. The van der Waals surface area contributed by atoms with Crippen LogP contribution in [0.2, 0.25) is 0 Å². The molecule has 2 rings (SSSR count). The summed E-state index contributed by atoms with van der Waals surface area (Å²) >= 11 is 0. The molecule has 0 saturated heterocycles. The number of likely N-dealkylation sites (N-methyl/N-ethyl adjacent to an activating group) is 1. The number of nitrogens with zero attached hydrogens (tertiary/aromatic N) is 1. The average Bonchev–Trinajstić information content (AvgIpc) is 2.84. The summed E-state index contributed by atoms with van der Waals surface area (Å²) in [6.45, 7) is 0.769. The molecule has 0 aliphatic heterocycles. The zero-order valence-electron chi connectivity index (χ0n) is 10.4. The van der Waals surface area contributed by atoms with E-state index in [-0.39, 0.29) is 5.82 Å². The van der Waals surface area contributed by atoms with Gasteiger partial charge in [0.1, 0.15) is 11.6 Å². The minimum atomic E-state index is -0.384. The highest BCUT2D eigenvalue weighted by Gasteiger charge is 2.11. The van der Waals surface area contributed by atoms with Gasteiger partial charge in [-0.2, -0.15) is 0 Å². The molecule has 0 aliphatic rings. The van der Waals surface area contributed by atoms with Gasteiger partial charge in [-0.05, 0) is 19.2 Å². The third kappa shape index (κ3) is 2.68. The Morgan fingerprint density at radius 2 is 2.28 bits per heavy atom. The molecule has 4 nitrogen and oxygen atoms in total. The van der Waals surface area contributed by atoms with E-state index in [1.807, 2.05) is 7.05 Å². The molecule has 0 saturated carbocycles. The fourth-order valence-electron chi connectivity index (χ4n) is 1.60. The van der Waals surface area contributed by atoms with Crippen molar-refractivity contribution in [2.75, 3.05) is 20.7 Å². The van der Waals surface area contributed by atoms with Crippen LogP contribution in [0.3, 0.4) is 0 Å². The highest BCUT2D eigenvalue weighted by Crippen LogP contribution is 2.26. The smallest absolute Gasteiger partial charge is 0.196 e. The van der Waals surface area contributed by atoms with Crippen LogP contribution in [-0.2, 0) is 6.42 Å². The van der Waals surface area contributed by atoms with Crippen LogP contribution in [-0.4, -0.2) is 25.7 Å². The van der Waals surface area contributed by atoms with E-state index in [4.69, 9.17) is 9.15 Å². The van der Waals surface area contributed by atoms with Gasteiger partial charge < -0.3 is 14.5 Å². The second-order valence-electron chi connectivity index (χ2n) is 3.82. The Balaban J connectivity index is 2.23. The van der Waals surface area contributed by atoms with Crippen molar-refractivity contribution in [2.24, 2.45) is 0 Å². The van der Waals surface area contributed by atoms with Crippen LogP contribution in [0.5, 0.6) is 5.75 Å². The van der Waals surface area contributed by atoms with Crippen molar-refractivity contribution in [3.05, 3.63) is 36.1 Å². The highest BCUT2D eigenvalue weighted by molar-refractivity contribution is 5.58. The number of ether oxygens (including phenoxy) is 1. The minimum absolute atomic E-state index is 0.384. The van der Waals surface area contributed by atoms with Gasteiger partial charge in [0.25, 0.3) is 0 Å². The standard InChI is InChI=1S/C13H15FN2O2/c1-15-6-5-13-16-8-12(18-13)10-4-3-9(17-2)7-11(10)14/h3-4,7-8,15H,5-6H2,1-2H3. The van der Waals surface area contributed by atoms with E-state index in [2.05, 4.69) is 10.3 Å². The first-order valence-corrected chi connectivity index (χ1v) is 5.68. The molecular weight excluding hydrogens is 235 g/mol. The molecule has 0 unspecified atom stereocenters. The maximum atomic E-state index is 13.8. The minimum Gasteiger partial charge on any atom is -0.497 e. The largest absolute Gasteiger partial charge is 0.497 e. The van der Waals surface area contributed by atoms with Crippen molar-refractivity contribution in [2.45, 2.75) is 6.42 Å². The Morgan fingerprint density at radius 1 is 1.44 bits per heavy atom. The van der Waals surface area contributed by atoms with E-state index >= 15 is 0 Å². The molecule has 18 heavy (non-hydrogen) atoms. The SMILES string of the molecule is CNCCc1ncc(-c2ccc(OC)cc2F)o1. The normalized spacial score (nSPS) is 10.6. The highest BCUT2D eigenvalue weighted by atomic mass is 19.1. The maximum Gasteiger partial charge on any atom is 0.196 e. The van der Waals surface area contributed by atoms with Gasteiger partial charge in [0.2, 0.25) is 0 Å². The summed E-state index contributed by atoms with van der Waals surface area (Å²) in [5.41, 5.74) is 0.388. The van der Waals surface area contributed by atoms with Crippen LogP contribution in [0, 0.1) is 5.82 Å². The number of rotatable bonds is 5. The summed E-state index contributed by atoms with van der Waals surface area (Å²) in [5, 5.41) is 3.00. The lowest BCUT2D eigenvalue weighted by molar-refractivity contribution is 0.411. The summed E-state index contributed by atoms with van der Waals surface area (Å²) in [6.07, 6.45) is 2.21. The Morgan fingerprint density at radius 3 is 2.94 bits per heavy atom. The molecule has 0 aliphatic carbocycles. The molecule has 0 amide bonds. The Hall–Kier alpha value is -1.88. The molecule has 2 aromatic rings. The number of oxazole rings is 1. The lowest BCUT2D eigenvalue weighted by Gasteiger charge is -2.02. The fraction of sp³-hybridized carbons (Fsp3) is 0.308. The van der Waals surface area contributed by atoms with E-state index in [1.54, 1.807) is 12.1 Å². The molecule has 0 fully saturated rings. The van der Waals surface area contributed by atoms with Gasteiger partial charge in [0.05, 0.1) is 18.9 Å². The first-order chi connectivity index (χ1) is 8.74. The third-order valence-electron chi connectivity index (χ3n) is 2.58. The molecule has 1 aromatic heterocycles. The van der Waals surface area contributed by atoms with E-state index in [0.29, 0.717) is 29.4 Å². The fourth-order valence-corrected chi connectivity index (χ4v) is 1.60. The molecule has 0 bridgehead atoms. The van der Waals surface area contributed by atoms with Crippen molar-refractivity contribution < 1.29 is 13.5 Å². The molecule has 0 spiro atoms. The Bertz CT molecular complexity index is 525. The van der Waals surface area contributed by atoms with Gasteiger partial charge in [0.15, 0.2) is 11.7 Å². The van der Waals surface area contributed by atoms with E-state index < -0.39 is 0 Å². The van der Waals surface area contributed by atoms with Crippen LogP contribution in [0.15, 0.2) is 28.8 Å². The molecule has 1 N–H and O–H groups in total. The van der Waals surface area contributed by atoms with E-state index in [1.165, 1.54) is 19.4 Å². The van der Waals surface area contributed by atoms with Crippen molar-refractivity contribution in [3.63, 3.8) is 0 Å². The van der Waals surface area contributed by atoms with Crippen LogP contribution in [0.4, 0.5) is 4.39 Å². The molecule has 0 radical (unpaired) electrons. The van der Waals surface area contributed by atoms with Gasteiger partial charge in [-0.25, -0.2) is 9.37 Å².